The van der Waals surface area contributed by atoms with E-state index in [1.54, 1.807) is 11.7 Å². The van der Waals surface area contributed by atoms with Crippen molar-refractivity contribution in [3.63, 3.8) is 0 Å². The number of nitro groups is 1. The molecule has 3 heterocycles. The lowest BCUT2D eigenvalue weighted by Gasteiger charge is -2.38. The molecule has 2 aliphatic heterocycles. The molecule has 0 amide bonds. The van der Waals surface area contributed by atoms with Crippen LogP contribution in [0.5, 0.6) is 0 Å². The number of nitro benzene ring substituents is 1. The minimum absolute atomic E-state index is 0.0517. The first-order valence-corrected chi connectivity index (χ1v) is 10.6. The molecule has 1 aromatic heterocycles. The van der Waals surface area contributed by atoms with Gasteiger partial charge in [0.25, 0.3) is 5.69 Å². The predicted octanol–water partition coefficient (Wildman–Crippen LogP) is 1.04. The van der Waals surface area contributed by atoms with Gasteiger partial charge in [-0.25, -0.2) is 0 Å². The van der Waals surface area contributed by atoms with Crippen LogP contribution in [0.1, 0.15) is 57.8 Å². The number of aryl methyl sites for hydroxylation is 1. The molecule has 162 valence electrons. The van der Waals surface area contributed by atoms with Crippen LogP contribution in [-0.2, 0) is 18.3 Å². The topological polar surface area (TPSA) is 111 Å². The second-order valence-electron chi connectivity index (χ2n) is 8.53. The maximum Gasteiger partial charge on any atom is 0.270 e. The maximum atomic E-state index is 13.2. The summed E-state index contributed by atoms with van der Waals surface area (Å²) in [5, 5.41) is 15.4. The highest BCUT2D eigenvalue weighted by atomic mass is 16.6. The van der Waals surface area contributed by atoms with E-state index < -0.39 is 10.7 Å². The van der Waals surface area contributed by atoms with Crippen molar-refractivity contribution >= 4 is 17.3 Å². The molecular weight excluding hydrogens is 402 g/mol. The Morgan fingerprint density at radius 1 is 1.16 bits per heavy atom. The first-order chi connectivity index (χ1) is 14.9. The second kappa shape index (κ2) is 7.31. The molecule has 0 saturated carbocycles. The highest BCUT2D eigenvalue weighted by Crippen LogP contribution is 2.35. The van der Waals surface area contributed by atoms with E-state index in [1.807, 2.05) is 0 Å². The maximum absolute atomic E-state index is 13.2. The molecule has 10 heteroatoms. The highest BCUT2D eigenvalue weighted by molar-refractivity contribution is 6.27. The summed E-state index contributed by atoms with van der Waals surface area (Å²) in [6, 6.07) is 3.76. The van der Waals surface area contributed by atoms with Crippen LogP contribution >= 0.6 is 0 Å². The average molecular weight is 426 g/mol. The number of rotatable bonds is 4. The molecule has 0 unspecified atom stereocenters. The molecule has 2 saturated heterocycles. The van der Waals surface area contributed by atoms with Gasteiger partial charge in [-0.05, 0) is 36.5 Å². The van der Waals surface area contributed by atoms with Gasteiger partial charge in [0.15, 0.2) is 12.7 Å². The van der Waals surface area contributed by atoms with E-state index in [0.717, 1.165) is 51.9 Å². The fourth-order valence-corrected chi connectivity index (χ4v) is 5.00. The van der Waals surface area contributed by atoms with Crippen LogP contribution in [0.25, 0.3) is 0 Å². The van der Waals surface area contributed by atoms with Gasteiger partial charge in [0.05, 0.1) is 17.1 Å². The van der Waals surface area contributed by atoms with Gasteiger partial charge in [-0.2, -0.15) is 0 Å². The van der Waals surface area contributed by atoms with Crippen LogP contribution in [0.2, 0.25) is 0 Å². The lowest BCUT2D eigenvalue weighted by molar-refractivity contribution is -0.805. The Morgan fingerprint density at radius 2 is 1.94 bits per heavy atom. The number of carbonyl (C=O) groups is 2. The number of fused-ring (bicyclic) bond motifs is 2. The van der Waals surface area contributed by atoms with E-state index in [1.165, 1.54) is 23.0 Å². The largest absolute Gasteiger partial charge is 0.375 e. The standard InChI is InChI=1S/C21H24N5O5/c1-23-22-17-18(20(28)16-13-14(26(29)30)3-4-15(16)19(17)27)25(23)11-10-24-8-6-21(7-9-24)5-2-12-31-21/h3-4,13H,2,5-12H2,1H3/q+1. The first-order valence-electron chi connectivity index (χ1n) is 10.6. The van der Waals surface area contributed by atoms with E-state index in [-0.39, 0.29) is 39.6 Å². The third-order valence-electron chi connectivity index (χ3n) is 6.79. The summed E-state index contributed by atoms with van der Waals surface area (Å²) in [7, 11) is 1.70. The Kier molecular flexibility index (Phi) is 4.71. The third kappa shape index (κ3) is 3.26. The zero-order chi connectivity index (χ0) is 21.8. The molecular formula is C21H24N5O5+. The Balaban J connectivity index is 1.37. The molecule has 0 N–H and O–H groups in total. The summed E-state index contributed by atoms with van der Waals surface area (Å²) in [5.74, 6) is -0.787. The number of aromatic nitrogens is 3. The number of hydrogen-bond donors (Lipinski definition) is 0. The van der Waals surface area contributed by atoms with Gasteiger partial charge in [0.1, 0.15) is 0 Å². The van der Waals surface area contributed by atoms with E-state index >= 15 is 0 Å². The van der Waals surface area contributed by atoms with Crippen LogP contribution in [0.3, 0.4) is 0 Å². The number of hydrogen-bond acceptors (Lipinski definition) is 7. The summed E-state index contributed by atoms with van der Waals surface area (Å²) < 4.78 is 7.69. The van der Waals surface area contributed by atoms with E-state index in [0.29, 0.717) is 6.54 Å². The van der Waals surface area contributed by atoms with Gasteiger partial charge in [-0.3, -0.25) is 19.7 Å². The normalized spacial score (nSPS) is 20.2. The quantitative estimate of drug-likeness (QED) is 0.348. The highest BCUT2D eigenvalue weighted by Gasteiger charge is 2.41. The number of ether oxygens (including phenoxy) is 1. The van der Waals surface area contributed by atoms with Gasteiger partial charge in [0, 0.05) is 54.6 Å². The molecule has 2 aromatic rings. The van der Waals surface area contributed by atoms with Crippen LogP contribution in [-0.4, -0.2) is 63.0 Å². The van der Waals surface area contributed by atoms with Gasteiger partial charge >= 0.3 is 0 Å². The van der Waals surface area contributed by atoms with E-state index in [4.69, 9.17) is 4.74 Å². The van der Waals surface area contributed by atoms with Crippen LogP contribution in [0, 0.1) is 10.1 Å². The molecule has 31 heavy (non-hydrogen) atoms. The van der Waals surface area contributed by atoms with Crippen molar-refractivity contribution in [1.29, 1.82) is 0 Å². The number of nitrogens with zero attached hydrogens (tertiary/aromatic N) is 5. The van der Waals surface area contributed by atoms with Gasteiger partial charge in [-0.15, -0.1) is 4.68 Å². The van der Waals surface area contributed by atoms with E-state index in [9.17, 15) is 19.7 Å². The minimum Gasteiger partial charge on any atom is -0.375 e. The Hall–Kier alpha value is -2.98. The van der Waals surface area contributed by atoms with Crippen LogP contribution in [0.4, 0.5) is 5.69 Å². The molecule has 0 bridgehead atoms. The van der Waals surface area contributed by atoms with Crippen LogP contribution in [0.15, 0.2) is 18.2 Å². The van der Waals surface area contributed by atoms with Crippen molar-refractivity contribution in [2.24, 2.45) is 7.05 Å². The molecule has 1 aromatic carbocycles. The molecule has 0 atom stereocenters. The number of benzene rings is 1. The SMILES string of the molecule is C[n+]1nc2c(n1CCN1CCC3(CCCO3)CC1)C(=O)c1cc([N+](=O)[O-])ccc1C2=O. The number of ketones is 2. The monoisotopic (exact) mass is 426 g/mol. The minimum atomic E-state index is -0.567. The van der Waals surface area contributed by atoms with Crippen molar-refractivity contribution in [3.05, 3.63) is 50.8 Å². The summed E-state index contributed by atoms with van der Waals surface area (Å²) in [6.07, 6.45) is 4.28. The summed E-state index contributed by atoms with van der Waals surface area (Å²) >= 11 is 0. The van der Waals surface area contributed by atoms with Gasteiger partial charge in [0.2, 0.25) is 17.3 Å². The second-order valence-corrected chi connectivity index (χ2v) is 8.53. The summed E-state index contributed by atoms with van der Waals surface area (Å²) in [4.78, 5) is 40.5. The van der Waals surface area contributed by atoms with Crippen molar-refractivity contribution in [1.82, 2.24) is 14.7 Å². The smallest absolute Gasteiger partial charge is 0.270 e. The van der Waals surface area contributed by atoms with Crippen LogP contribution < -0.4 is 4.80 Å². The van der Waals surface area contributed by atoms with Crippen molar-refractivity contribution in [2.45, 2.75) is 37.8 Å². The summed E-state index contributed by atoms with van der Waals surface area (Å²) in [6.45, 7) is 3.93. The van der Waals surface area contributed by atoms with E-state index in [2.05, 4.69) is 10.00 Å². The average Bonchev–Trinajstić information content (AvgIpc) is 3.36. The Bertz CT molecular complexity index is 1090. The number of piperidine rings is 1. The Labute approximate surface area is 178 Å². The predicted molar refractivity (Wildman–Crippen MR) is 107 cm³/mol. The van der Waals surface area contributed by atoms with Crippen molar-refractivity contribution < 1.29 is 24.0 Å². The molecule has 10 nitrogen and oxygen atoms in total. The molecule has 1 spiro atoms. The summed E-state index contributed by atoms with van der Waals surface area (Å²) in [5.41, 5.74) is 0.364. The van der Waals surface area contributed by atoms with Gasteiger partial charge < -0.3 is 9.64 Å². The van der Waals surface area contributed by atoms with Crippen molar-refractivity contribution in [3.8, 4) is 0 Å². The molecule has 1 aliphatic carbocycles. The fraction of sp³-hybridized carbons (Fsp3) is 0.524. The number of likely N-dealkylation sites (tertiary alicyclic amines) is 1. The molecule has 3 aliphatic rings. The van der Waals surface area contributed by atoms with Crippen molar-refractivity contribution in [2.75, 3.05) is 26.2 Å². The Morgan fingerprint density at radius 3 is 2.61 bits per heavy atom. The first kappa shape index (κ1) is 20.0. The molecule has 2 fully saturated rings. The zero-order valence-corrected chi connectivity index (χ0v) is 17.4. The number of non-ortho nitro benzene ring substituents is 1. The lowest BCUT2D eigenvalue weighted by Crippen LogP contribution is -2.48. The lowest BCUT2D eigenvalue weighted by atomic mass is 9.88. The van der Waals surface area contributed by atoms with Gasteiger partial charge in [-0.1, -0.05) is 0 Å². The fourth-order valence-electron chi connectivity index (χ4n) is 5.00. The molecule has 5 rings (SSSR count). The molecule has 0 radical (unpaired) electrons. The number of carbonyl (C=O) groups excluding carboxylic acids is 2. The third-order valence-corrected chi connectivity index (χ3v) is 6.79. The zero-order valence-electron chi connectivity index (χ0n) is 17.4.